The smallest absolute Gasteiger partial charge is 0.144 e. The van der Waals surface area contributed by atoms with Gasteiger partial charge in [-0.3, -0.25) is 4.57 Å². The number of imidazole rings is 1. The molecule has 0 radical (unpaired) electrons. The maximum Gasteiger partial charge on any atom is 0.144 e. The fourth-order valence-electron chi connectivity index (χ4n) is 2.49. The molecule has 2 aromatic carbocycles. The Morgan fingerprint density at radius 2 is 1.83 bits per heavy atom. The number of halogens is 1. The van der Waals surface area contributed by atoms with Crippen LogP contribution in [-0.2, 0) is 0 Å². The summed E-state index contributed by atoms with van der Waals surface area (Å²) >= 11 is 13.1. The highest BCUT2D eigenvalue weighted by molar-refractivity contribution is 8.23. The first-order valence-corrected chi connectivity index (χ1v) is 9.11. The lowest BCUT2D eigenvalue weighted by molar-refractivity contribution is 1.01. The summed E-state index contributed by atoms with van der Waals surface area (Å²) in [4.78, 5) is 4.59. The van der Waals surface area contributed by atoms with Crippen molar-refractivity contribution in [2.24, 2.45) is 0 Å². The summed E-state index contributed by atoms with van der Waals surface area (Å²) in [5.74, 6) is 0.885. The second-order valence-electron chi connectivity index (χ2n) is 5.07. The summed E-state index contributed by atoms with van der Waals surface area (Å²) in [6, 6.07) is 15.9. The Bertz CT molecular complexity index is 854. The van der Waals surface area contributed by atoms with E-state index in [1.807, 2.05) is 55.8 Å². The van der Waals surface area contributed by atoms with Gasteiger partial charge in [-0.05, 0) is 43.5 Å². The number of rotatable bonds is 3. The maximum absolute atomic E-state index is 6.00. The first-order chi connectivity index (χ1) is 11.1. The molecule has 0 fully saturated rings. The van der Waals surface area contributed by atoms with Gasteiger partial charge in [0.15, 0.2) is 0 Å². The average molecular weight is 359 g/mol. The quantitative estimate of drug-likeness (QED) is 0.572. The molecule has 0 unspecified atom stereocenters. The van der Waals surface area contributed by atoms with Crippen molar-refractivity contribution in [1.29, 1.82) is 0 Å². The number of hydrogen-bond acceptors (Lipinski definition) is 3. The number of para-hydroxylation sites is 1. The standard InChI is InChI=1S/C18H15ClN2S2/c1-12-11-20-17(13-7-9-14(19)10-8-13)21(12)16-6-4-3-5-15(16)18(22)23-2/h3-11H,1-2H3. The summed E-state index contributed by atoms with van der Waals surface area (Å²) < 4.78 is 3.01. The molecule has 1 heterocycles. The van der Waals surface area contributed by atoms with Crippen LogP contribution in [0.15, 0.2) is 54.7 Å². The number of aromatic nitrogens is 2. The second kappa shape index (κ2) is 6.87. The number of thiocarbonyl (C=S) groups is 1. The SMILES string of the molecule is CSC(=S)c1ccccc1-n1c(C)cnc1-c1ccc(Cl)cc1. The molecular formula is C18H15ClN2S2. The van der Waals surface area contributed by atoms with Crippen molar-refractivity contribution >= 4 is 39.8 Å². The molecule has 0 aliphatic carbocycles. The van der Waals surface area contributed by atoms with E-state index in [0.29, 0.717) is 5.02 Å². The van der Waals surface area contributed by atoms with E-state index >= 15 is 0 Å². The van der Waals surface area contributed by atoms with Crippen molar-refractivity contribution in [1.82, 2.24) is 9.55 Å². The van der Waals surface area contributed by atoms with Gasteiger partial charge in [0.05, 0.1) is 9.88 Å². The Kier molecular flexibility index (Phi) is 4.85. The van der Waals surface area contributed by atoms with Crippen LogP contribution in [0.1, 0.15) is 11.3 Å². The molecule has 23 heavy (non-hydrogen) atoms. The Labute approximate surface area is 150 Å². The molecule has 0 aliphatic rings. The van der Waals surface area contributed by atoms with Gasteiger partial charge in [-0.2, -0.15) is 0 Å². The highest BCUT2D eigenvalue weighted by Gasteiger charge is 2.15. The van der Waals surface area contributed by atoms with E-state index in [-0.39, 0.29) is 0 Å². The number of nitrogens with zero attached hydrogens (tertiary/aromatic N) is 2. The lowest BCUT2D eigenvalue weighted by Crippen LogP contribution is -2.05. The predicted octanol–water partition coefficient (Wildman–Crippen LogP) is 5.54. The van der Waals surface area contributed by atoms with Crippen LogP contribution >= 0.6 is 35.6 Å². The zero-order valence-electron chi connectivity index (χ0n) is 12.8. The van der Waals surface area contributed by atoms with Crippen LogP contribution in [0.4, 0.5) is 0 Å². The van der Waals surface area contributed by atoms with E-state index in [0.717, 1.165) is 32.5 Å². The van der Waals surface area contributed by atoms with E-state index < -0.39 is 0 Å². The van der Waals surface area contributed by atoms with Crippen LogP contribution in [0.3, 0.4) is 0 Å². The fraction of sp³-hybridized carbons (Fsp3) is 0.111. The van der Waals surface area contributed by atoms with E-state index in [1.54, 1.807) is 11.8 Å². The third-order valence-corrected chi connectivity index (χ3v) is 5.15. The number of hydrogen-bond donors (Lipinski definition) is 0. The van der Waals surface area contributed by atoms with Gasteiger partial charge in [0.2, 0.25) is 0 Å². The van der Waals surface area contributed by atoms with E-state index in [9.17, 15) is 0 Å². The van der Waals surface area contributed by atoms with Crippen LogP contribution in [0.5, 0.6) is 0 Å². The highest BCUT2D eigenvalue weighted by atomic mass is 35.5. The van der Waals surface area contributed by atoms with Gasteiger partial charge in [-0.25, -0.2) is 4.98 Å². The lowest BCUT2D eigenvalue weighted by atomic mass is 10.1. The highest BCUT2D eigenvalue weighted by Crippen LogP contribution is 2.28. The molecule has 1 aromatic heterocycles. The van der Waals surface area contributed by atoms with Crippen LogP contribution in [0.2, 0.25) is 5.02 Å². The van der Waals surface area contributed by atoms with E-state index in [2.05, 4.69) is 21.7 Å². The molecule has 0 amide bonds. The number of aryl methyl sites for hydroxylation is 1. The van der Waals surface area contributed by atoms with Crippen LogP contribution in [-0.4, -0.2) is 20.0 Å². The van der Waals surface area contributed by atoms with Gasteiger partial charge in [-0.1, -0.05) is 42.0 Å². The first kappa shape index (κ1) is 16.2. The topological polar surface area (TPSA) is 17.8 Å². The van der Waals surface area contributed by atoms with Crippen LogP contribution in [0.25, 0.3) is 17.1 Å². The zero-order valence-corrected chi connectivity index (χ0v) is 15.2. The molecule has 0 bridgehead atoms. The molecule has 5 heteroatoms. The van der Waals surface area contributed by atoms with Gasteiger partial charge in [0.25, 0.3) is 0 Å². The third kappa shape index (κ3) is 3.20. The van der Waals surface area contributed by atoms with Crippen molar-refractivity contribution in [3.05, 3.63) is 71.0 Å². The normalized spacial score (nSPS) is 10.7. The molecule has 0 saturated heterocycles. The maximum atomic E-state index is 6.00. The Hall–Kier alpha value is -1.62. The summed E-state index contributed by atoms with van der Waals surface area (Å²) in [7, 11) is 0. The minimum absolute atomic E-state index is 0.715. The molecule has 0 saturated carbocycles. The largest absolute Gasteiger partial charge is 0.296 e. The molecule has 116 valence electrons. The summed E-state index contributed by atoms with van der Waals surface area (Å²) in [6.07, 6.45) is 3.88. The van der Waals surface area contributed by atoms with Gasteiger partial charge in [0.1, 0.15) is 5.82 Å². The summed E-state index contributed by atoms with van der Waals surface area (Å²) in [6.45, 7) is 2.05. The van der Waals surface area contributed by atoms with Crippen molar-refractivity contribution < 1.29 is 0 Å². The van der Waals surface area contributed by atoms with Crippen LogP contribution < -0.4 is 0 Å². The molecule has 2 nitrogen and oxygen atoms in total. The molecule has 3 aromatic rings. The van der Waals surface area contributed by atoms with Crippen molar-refractivity contribution in [2.75, 3.05) is 6.26 Å². The van der Waals surface area contributed by atoms with Gasteiger partial charge in [0, 0.05) is 28.0 Å². The average Bonchev–Trinajstić information content (AvgIpc) is 2.96. The van der Waals surface area contributed by atoms with Gasteiger partial charge in [-0.15, -0.1) is 11.8 Å². The fourth-order valence-corrected chi connectivity index (χ4v) is 3.19. The summed E-state index contributed by atoms with van der Waals surface area (Å²) in [5.41, 5.74) is 4.18. The monoisotopic (exact) mass is 358 g/mol. The zero-order chi connectivity index (χ0) is 16.4. The van der Waals surface area contributed by atoms with E-state index in [4.69, 9.17) is 23.8 Å². The minimum atomic E-state index is 0.715. The number of benzene rings is 2. The second-order valence-corrected chi connectivity index (χ2v) is 6.99. The Morgan fingerprint density at radius 3 is 2.52 bits per heavy atom. The molecule has 0 spiro atoms. The summed E-state index contributed by atoms with van der Waals surface area (Å²) in [5, 5.41) is 0.715. The van der Waals surface area contributed by atoms with Gasteiger partial charge < -0.3 is 0 Å². The lowest BCUT2D eigenvalue weighted by Gasteiger charge is -2.15. The third-order valence-electron chi connectivity index (χ3n) is 3.59. The number of thioether (sulfide) groups is 1. The molecule has 0 atom stereocenters. The molecule has 3 rings (SSSR count). The Balaban J connectivity index is 2.21. The van der Waals surface area contributed by atoms with Crippen molar-refractivity contribution in [3.63, 3.8) is 0 Å². The van der Waals surface area contributed by atoms with E-state index in [1.165, 1.54) is 0 Å². The van der Waals surface area contributed by atoms with Crippen LogP contribution in [0, 0.1) is 6.92 Å². The molecular weight excluding hydrogens is 344 g/mol. The predicted molar refractivity (Wildman–Crippen MR) is 104 cm³/mol. The Morgan fingerprint density at radius 1 is 1.13 bits per heavy atom. The van der Waals surface area contributed by atoms with Crippen molar-refractivity contribution in [3.8, 4) is 17.1 Å². The minimum Gasteiger partial charge on any atom is -0.296 e. The molecule has 0 N–H and O–H groups in total. The van der Waals surface area contributed by atoms with Crippen molar-refractivity contribution in [2.45, 2.75) is 6.92 Å². The first-order valence-electron chi connectivity index (χ1n) is 7.10. The molecule has 0 aliphatic heterocycles. The van der Waals surface area contributed by atoms with Gasteiger partial charge >= 0.3 is 0 Å².